The minimum atomic E-state index is 1.09. The van der Waals surface area contributed by atoms with Crippen LogP contribution in [0.4, 0.5) is 11.4 Å². The zero-order valence-corrected chi connectivity index (χ0v) is 11.5. The topological polar surface area (TPSA) is 3.24 Å². The van der Waals surface area contributed by atoms with Crippen LogP contribution >= 0.6 is 0 Å². The van der Waals surface area contributed by atoms with Crippen molar-refractivity contribution in [2.24, 2.45) is 0 Å². The van der Waals surface area contributed by atoms with Crippen LogP contribution in [0.3, 0.4) is 0 Å². The molecule has 0 amide bonds. The van der Waals surface area contributed by atoms with Gasteiger partial charge in [-0.25, -0.2) is 0 Å². The SMILES string of the molecule is CCc1ccc(N(C)c2ccc(CC)cc2)cc1. The molecular weight excluding hydrogens is 218 g/mol. The van der Waals surface area contributed by atoms with Crippen LogP contribution in [0, 0.1) is 0 Å². The Morgan fingerprint density at radius 3 is 1.28 bits per heavy atom. The van der Waals surface area contributed by atoms with E-state index >= 15 is 0 Å². The van der Waals surface area contributed by atoms with Gasteiger partial charge in [-0.1, -0.05) is 38.1 Å². The van der Waals surface area contributed by atoms with Crippen LogP contribution < -0.4 is 4.90 Å². The Morgan fingerprint density at radius 1 is 0.667 bits per heavy atom. The fourth-order valence-corrected chi connectivity index (χ4v) is 2.06. The zero-order valence-electron chi connectivity index (χ0n) is 11.5. The molecule has 2 aromatic carbocycles. The minimum Gasteiger partial charge on any atom is -0.345 e. The molecule has 0 atom stereocenters. The Labute approximate surface area is 110 Å². The molecule has 0 fully saturated rings. The van der Waals surface area contributed by atoms with Crippen LogP contribution in [0.5, 0.6) is 0 Å². The molecule has 0 bridgehead atoms. The van der Waals surface area contributed by atoms with E-state index in [2.05, 4.69) is 74.3 Å². The van der Waals surface area contributed by atoms with Gasteiger partial charge in [-0.2, -0.15) is 0 Å². The number of anilines is 2. The Bertz CT molecular complexity index is 435. The standard InChI is InChI=1S/C17H21N/c1-4-14-6-10-16(11-7-14)18(3)17-12-8-15(5-2)9-13-17/h6-13H,4-5H2,1-3H3. The third-order valence-electron chi connectivity index (χ3n) is 3.46. The van der Waals surface area contributed by atoms with E-state index in [9.17, 15) is 0 Å². The molecule has 0 saturated carbocycles. The van der Waals surface area contributed by atoms with E-state index in [0.717, 1.165) is 12.8 Å². The van der Waals surface area contributed by atoms with Gasteiger partial charge >= 0.3 is 0 Å². The minimum absolute atomic E-state index is 1.09. The molecular formula is C17H21N. The summed E-state index contributed by atoms with van der Waals surface area (Å²) in [6.07, 6.45) is 2.18. The second kappa shape index (κ2) is 5.72. The molecule has 0 N–H and O–H groups in total. The highest BCUT2D eigenvalue weighted by molar-refractivity contribution is 5.62. The molecule has 2 aromatic rings. The lowest BCUT2D eigenvalue weighted by molar-refractivity contribution is 1.12. The number of benzene rings is 2. The van der Waals surface area contributed by atoms with E-state index in [1.807, 2.05) is 0 Å². The highest BCUT2D eigenvalue weighted by atomic mass is 15.1. The maximum Gasteiger partial charge on any atom is 0.0408 e. The van der Waals surface area contributed by atoms with Gasteiger partial charge in [0.15, 0.2) is 0 Å². The fraction of sp³-hybridized carbons (Fsp3) is 0.294. The second-order valence-corrected chi connectivity index (χ2v) is 4.60. The molecule has 0 radical (unpaired) electrons. The number of hydrogen-bond acceptors (Lipinski definition) is 1. The van der Waals surface area contributed by atoms with Crippen LogP contribution in [0.25, 0.3) is 0 Å². The van der Waals surface area contributed by atoms with E-state index in [4.69, 9.17) is 0 Å². The second-order valence-electron chi connectivity index (χ2n) is 4.60. The smallest absolute Gasteiger partial charge is 0.0408 e. The molecule has 94 valence electrons. The number of nitrogens with zero attached hydrogens (tertiary/aromatic N) is 1. The van der Waals surface area contributed by atoms with Crippen molar-refractivity contribution in [3.05, 3.63) is 59.7 Å². The Hall–Kier alpha value is -1.76. The molecule has 0 aliphatic heterocycles. The highest BCUT2D eigenvalue weighted by Gasteiger charge is 2.03. The van der Waals surface area contributed by atoms with Crippen molar-refractivity contribution < 1.29 is 0 Å². The highest BCUT2D eigenvalue weighted by Crippen LogP contribution is 2.24. The van der Waals surface area contributed by atoms with Crippen molar-refractivity contribution in [3.8, 4) is 0 Å². The number of hydrogen-bond donors (Lipinski definition) is 0. The normalized spacial score (nSPS) is 10.4. The average Bonchev–Trinajstić information content (AvgIpc) is 2.47. The first-order chi connectivity index (χ1) is 8.74. The van der Waals surface area contributed by atoms with Gasteiger partial charge in [0.25, 0.3) is 0 Å². The number of rotatable bonds is 4. The number of aryl methyl sites for hydroxylation is 2. The molecule has 0 saturated heterocycles. The van der Waals surface area contributed by atoms with Crippen LogP contribution in [0.15, 0.2) is 48.5 Å². The monoisotopic (exact) mass is 239 g/mol. The van der Waals surface area contributed by atoms with Crippen LogP contribution in [-0.4, -0.2) is 7.05 Å². The maximum absolute atomic E-state index is 2.22. The van der Waals surface area contributed by atoms with E-state index in [0.29, 0.717) is 0 Å². The van der Waals surface area contributed by atoms with Crippen molar-refractivity contribution in [2.75, 3.05) is 11.9 Å². The summed E-state index contributed by atoms with van der Waals surface area (Å²) >= 11 is 0. The molecule has 2 rings (SSSR count). The Kier molecular flexibility index (Phi) is 4.03. The molecule has 0 heterocycles. The third kappa shape index (κ3) is 2.73. The van der Waals surface area contributed by atoms with E-state index in [1.54, 1.807) is 0 Å². The van der Waals surface area contributed by atoms with Crippen LogP contribution in [0.2, 0.25) is 0 Å². The predicted molar refractivity (Wildman–Crippen MR) is 79.7 cm³/mol. The molecule has 0 aliphatic carbocycles. The summed E-state index contributed by atoms with van der Waals surface area (Å²) < 4.78 is 0. The molecule has 0 aromatic heterocycles. The summed E-state index contributed by atoms with van der Waals surface area (Å²) in [4.78, 5) is 2.22. The third-order valence-corrected chi connectivity index (χ3v) is 3.46. The zero-order chi connectivity index (χ0) is 13.0. The largest absolute Gasteiger partial charge is 0.345 e. The first-order valence-electron chi connectivity index (χ1n) is 6.66. The molecule has 0 spiro atoms. The summed E-state index contributed by atoms with van der Waals surface area (Å²) in [7, 11) is 2.11. The van der Waals surface area contributed by atoms with Gasteiger partial charge in [0.2, 0.25) is 0 Å². The van der Waals surface area contributed by atoms with Gasteiger partial charge in [0.05, 0.1) is 0 Å². The molecule has 0 aliphatic rings. The van der Waals surface area contributed by atoms with E-state index in [1.165, 1.54) is 22.5 Å². The van der Waals surface area contributed by atoms with Crippen LogP contribution in [-0.2, 0) is 12.8 Å². The summed E-state index contributed by atoms with van der Waals surface area (Å²) in [5, 5.41) is 0. The van der Waals surface area contributed by atoms with E-state index in [-0.39, 0.29) is 0 Å². The average molecular weight is 239 g/mol. The van der Waals surface area contributed by atoms with Gasteiger partial charge in [-0.15, -0.1) is 0 Å². The van der Waals surface area contributed by atoms with Crippen LogP contribution in [0.1, 0.15) is 25.0 Å². The lowest BCUT2D eigenvalue weighted by Crippen LogP contribution is -2.09. The van der Waals surface area contributed by atoms with Crippen molar-refractivity contribution in [1.29, 1.82) is 0 Å². The van der Waals surface area contributed by atoms with Gasteiger partial charge in [0.1, 0.15) is 0 Å². The lowest BCUT2D eigenvalue weighted by Gasteiger charge is -2.20. The first-order valence-corrected chi connectivity index (χ1v) is 6.66. The summed E-state index contributed by atoms with van der Waals surface area (Å²) in [6, 6.07) is 17.6. The Balaban J connectivity index is 2.20. The van der Waals surface area contributed by atoms with E-state index < -0.39 is 0 Å². The van der Waals surface area contributed by atoms with Crippen molar-refractivity contribution >= 4 is 11.4 Å². The summed E-state index contributed by atoms with van der Waals surface area (Å²) in [5.41, 5.74) is 5.23. The van der Waals surface area contributed by atoms with Gasteiger partial charge in [-0.3, -0.25) is 0 Å². The van der Waals surface area contributed by atoms with Crippen molar-refractivity contribution in [1.82, 2.24) is 0 Å². The summed E-state index contributed by atoms with van der Waals surface area (Å²) in [5.74, 6) is 0. The fourth-order valence-electron chi connectivity index (χ4n) is 2.06. The quantitative estimate of drug-likeness (QED) is 0.755. The molecule has 1 nitrogen and oxygen atoms in total. The predicted octanol–water partition coefficient (Wildman–Crippen LogP) is 4.58. The van der Waals surface area contributed by atoms with Gasteiger partial charge in [0, 0.05) is 18.4 Å². The molecule has 1 heteroatoms. The molecule has 18 heavy (non-hydrogen) atoms. The van der Waals surface area contributed by atoms with Gasteiger partial charge in [-0.05, 0) is 48.2 Å². The van der Waals surface area contributed by atoms with Crippen molar-refractivity contribution in [3.63, 3.8) is 0 Å². The summed E-state index contributed by atoms with van der Waals surface area (Å²) in [6.45, 7) is 4.37. The maximum atomic E-state index is 2.22. The lowest BCUT2D eigenvalue weighted by atomic mass is 10.1. The van der Waals surface area contributed by atoms with Gasteiger partial charge < -0.3 is 4.90 Å². The Morgan fingerprint density at radius 2 is 1.00 bits per heavy atom. The van der Waals surface area contributed by atoms with Crippen molar-refractivity contribution in [2.45, 2.75) is 26.7 Å². The first kappa shape index (κ1) is 12.7. The molecule has 0 unspecified atom stereocenters.